The van der Waals surface area contributed by atoms with Crippen LogP contribution in [0.25, 0.3) is 0 Å². The minimum Gasteiger partial charge on any atom is -0.427 e. The molecule has 138 valence electrons. The van der Waals surface area contributed by atoms with Crippen molar-refractivity contribution in [1.29, 1.82) is 0 Å². The highest BCUT2D eigenvalue weighted by molar-refractivity contribution is 5.69. The molecule has 0 aromatic heterocycles. The minimum atomic E-state index is -0.256. The van der Waals surface area contributed by atoms with Gasteiger partial charge in [0.15, 0.2) is 0 Å². The molecule has 0 aliphatic heterocycles. The number of hydrogen-bond acceptors (Lipinski definition) is 2. The molecule has 2 nitrogen and oxygen atoms in total. The summed E-state index contributed by atoms with van der Waals surface area (Å²) in [6.07, 6.45) is 2.69. The molecule has 0 N–H and O–H groups in total. The van der Waals surface area contributed by atoms with Crippen molar-refractivity contribution in [2.24, 2.45) is 34.5 Å². The van der Waals surface area contributed by atoms with Gasteiger partial charge in [0.05, 0.1) is 0 Å². The zero-order chi connectivity index (χ0) is 18.6. The molecule has 2 bridgehead atoms. The van der Waals surface area contributed by atoms with Gasteiger partial charge in [0, 0.05) is 6.92 Å². The molecular weight excluding hydrogens is 308 g/mol. The van der Waals surface area contributed by atoms with E-state index in [0.717, 1.165) is 23.7 Å². The first kappa shape index (κ1) is 18.5. The summed E-state index contributed by atoms with van der Waals surface area (Å²) in [6.45, 7) is 16.0. The van der Waals surface area contributed by atoms with Gasteiger partial charge in [-0.1, -0.05) is 53.7 Å². The molecule has 1 aromatic rings. The van der Waals surface area contributed by atoms with E-state index in [1.807, 2.05) is 12.1 Å². The average Bonchev–Trinajstić information content (AvgIpc) is 3.04. The largest absolute Gasteiger partial charge is 0.427 e. The lowest BCUT2D eigenvalue weighted by atomic mass is 9.56. The average molecular weight is 343 g/mol. The van der Waals surface area contributed by atoms with Crippen LogP contribution >= 0.6 is 0 Å². The molecule has 0 amide bonds. The molecule has 2 aliphatic rings. The highest BCUT2D eigenvalue weighted by atomic mass is 16.5. The quantitative estimate of drug-likeness (QED) is 0.482. The number of carbonyl (C=O) groups is 1. The summed E-state index contributed by atoms with van der Waals surface area (Å²) in [6, 6.07) is 8.26. The Bertz CT molecular complexity index is 630. The van der Waals surface area contributed by atoms with E-state index in [4.69, 9.17) is 4.74 Å². The molecule has 5 atom stereocenters. The van der Waals surface area contributed by atoms with E-state index in [0.29, 0.717) is 22.5 Å². The molecule has 0 radical (unpaired) electrons. The van der Waals surface area contributed by atoms with Gasteiger partial charge in [-0.2, -0.15) is 0 Å². The second-order valence-corrected chi connectivity index (χ2v) is 10.4. The van der Waals surface area contributed by atoms with Crippen LogP contribution < -0.4 is 4.74 Å². The number of benzene rings is 1. The number of carbonyl (C=O) groups excluding carboxylic acids is 1. The van der Waals surface area contributed by atoms with Crippen molar-refractivity contribution in [2.75, 3.05) is 0 Å². The SMILES string of the molecule is CC(=O)Oc1ccc(C2CC3CC2C(C(C)(C)C)C3C(C)(C)C)cc1. The van der Waals surface area contributed by atoms with Gasteiger partial charge in [0.25, 0.3) is 0 Å². The maximum Gasteiger partial charge on any atom is 0.308 e. The third-order valence-electron chi connectivity index (χ3n) is 6.57. The molecule has 2 saturated carbocycles. The Hall–Kier alpha value is -1.31. The summed E-state index contributed by atoms with van der Waals surface area (Å²) in [5, 5.41) is 0. The molecule has 2 heteroatoms. The standard InChI is InChI=1S/C23H34O2/c1-14(24)25-17-10-8-15(9-11-17)18-12-16-13-19(18)21(23(5,6)7)20(16)22(2,3)4/h8-11,16,18-21H,12-13H2,1-7H3. The molecule has 0 spiro atoms. The fourth-order valence-electron chi connectivity index (χ4n) is 6.12. The Morgan fingerprint density at radius 2 is 1.48 bits per heavy atom. The second-order valence-electron chi connectivity index (χ2n) is 10.4. The lowest BCUT2D eigenvalue weighted by Crippen LogP contribution is -2.42. The van der Waals surface area contributed by atoms with Crippen molar-refractivity contribution < 1.29 is 9.53 Å². The van der Waals surface area contributed by atoms with Crippen LogP contribution in [0.2, 0.25) is 0 Å². The lowest BCUT2D eigenvalue weighted by molar-refractivity contribution is -0.131. The number of hydrogen-bond donors (Lipinski definition) is 0. The summed E-state index contributed by atoms with van der Waals surface area (Å²) in [4.78, 5) is 11.1. The van der Waals surface area contributed by atoms with E-state index < -0.39 is 0 Å². The van der Waals surface area contributed by atoms with Gasteiger partial charge in [0.1, 0.15) is 5.75 Å². The van der Waals surface area contributed by atoms with E-state index in [-0.39, 0.29) is 5.97 Å². The zero-order valence-electron chi connectivity index (χ0n) is 16.9. The fraction of sp³-hybridized carbons (Fsp3) is 0.696. The lowest BCUT2D eigenvalue weighted by Gasteiger charge is -2.48. The third-order valence-corrected chi connectivity index (χ3v) is 6.57. The molecule has 0 heterocycles. The maximum absolute atomic E-state index is 11.1. The molecule has 0 saturated heterocycles. The summed E-state index contributed by atoms with van der Waals surface area (Å²) < 4.78 is 5.19. The summed E-state index contributed by atoms with van der Waals surface area (Å²) in [5.41, 5.74) is 2.14. The van der Waals surface area contributed by atoms with Crippen molar-refractivity contribution >= 4 is 5.97 Å². The van der Waals surface area contributed by atoms with Crippen molar-refractivity contribution in [1.82, 2.24) is 0 Å². The highest BCUT2D eigenvalue weighted by Crippen LogP contribution is 2.66. The maximum atomic E-state index is 11.1. The first-order valence-corrected chi connectivity index (χ1v) is 9.77. The Kier molecular flexibility index (Phi) is 4.54. The Morgan fingerprint density at radius 3 is 1.96 bits per heavy atom. The first-order valence-electron chi connectivity index (χ1n) is 9.77. The van der Waals surface area contributed by atoms with Gasteiger partial charge < -0.3 is 4.74 Å². The molecule has 5 unspecified atom stereocenters. The smallest absolute Gasteiger partial charge is 0.308 e. The monoisotopic (exact) mass is 342 g/mol. The Morgan fingerprint density at radius 1 is 0.920 bits per heavy atom. The second kappa shape index (κ2) is 6.14. The predicted molar refractivity (Wildman–Crippen MR) is 103 cm³/mol. The van der Waals surface area contributed by atoms with Gasteiger partial charge in [-0.25, -0.2) is 0 Å². The van der Waals surface area contributed by atoms with Crippen molar-refractivity contribution in [3.8, 4) is 5.75 Å². The van der Waals surface area contributed by atoms with Crippen LogP contribution in [0.4, 0.5) is 0 Å². The van der Waals surface area contributed by atoms with E-state index in [1.54, 1.807) is 0 Å². The predicted octanol–water partition coefficient (Wildman–Crippen LogP) is 6.06. The van der Waals surface area contributed by atoms with Gasteiger partial charge in [0.2, 0.25) is 0 Å². The molecule has 25 heavy (non-hydrogen) atoms. The van der Waals surface area contributed by atoms with Crippen LogP contribution in [0.1, 0.15) is 72.8 Å². The summed E-state index contributed by atoms with van der Waals surface area (Å²) in [7, 11) is 0. The zero-order valence-corrected chi connectivity index (χ0v) is 16.9. The topological polar surface area (TPSA) is 26.3 Å². The van der Waals surface area contributed by atoms with Crippen LogP contribution in [0.3, 0.4) is 0 Å². The first-order chi connectivity index (χ1) is 11.5. The molecule has 2 fully saturated rings. The van der Waals surface area contributed by atoms with Crippen molar-refractivity contribution in [3.05, 3.63) is 29.8 Å². The fourth-order valence-corrected chi connectivity index (χ4v) is 6.12. The van der Waals surface area contributed by atoms with Crippen LogP contribution in [0, 0.1) is 34.5 Å². The van der Waals surface area contributed by atoms with Crippen LogP contribution in [0.15, 0.2) is 24.3 Å². The van der Waals surface area contributed by atoms with Crippen LogP contribution in [-0.2, 0) is 4.79 Å². The van der Waals surface area contributed by atoms with E-state index in [2.05, 4.69) is 53.7 Å². The summed E-state index contributed by atoms with van der Waals surface area (Å²) in [5.74, 6) is 4.24. The van der Waals surface area contributed by atoms with E-state index in [1.165, 1.54) is 25.3 Å². The van der Waals surface area contributed by atoms with Crippen molar-refractivity contribution in [3.63, 3.8) is 0 Å². The van der Waals surface area contributed by atoms with Crippen LogP contribution in [-0.4, -0.2) is 5.97 Å². The Balaban J connectivity index is 1.86. The minimum absolute atomic E-state index is 0.256. The Labute approximate surface area is 153 Å². The van der Waals surface area contributed by atoms with Crippen molar-refractivity contribution in [2.45, 2.75) is 67.2 Å². The van der Waals surface area contributed by atoms with Gasteiger partial charge in [-0.15, -0.1) is 0 Å². The molecule has 1 aromatic carbocycles. The normalized spacial score (nSPS) is 32.0. The number of ether oxygens (including phenoxy) is 1. The van der Waals surface area contributed by atoms with E-state index >= 15 is 0 Å². The van der Waals surface area contributed by atoms with Gasteiger partial charge in [-0.3, -0.25) is 4.79 Å². The van der Waals surface area contributed by atoms with Gasteiger partial charge >= 0.3 is 5.97 Å². The number of rotatable bonds is 2. The number of fused-ring (bicyclic) bond motifs is 2. The molecule has 2 aliphatic carbocycles. The molecular formula is C23H34O2. The van der Waals surface area contributed by atoms with Crippen LogP contribution in [0.5, 0.6) is 5.75 Å². The van der Waals surface area contributed by atoms with Gasteiger partial charge in [-0.05, 0) is 71.0 Å². The third kappa shape index (κ3) is 3.50. The summed E-state index contributed by atoms with van der Waals surface area (Å²) >= 11 is 0. The molecule has 3 rings (SSSR count). The highest BCUT2D eigenvalue weighted by Gasteiger charge is 2.58. The van der Waals surface area contributed by atoms with E-state index in [9.17, 15) is 4.79 Å². The number of esters is 1.